The van der Waals surface area contributed by atoms with Crippen molar-refractivity contribution in [3.63, 3.8) is 0 Å². The zero-order valence-corrected chi connectivity index (χ0v) is 12.4. The van der Waals surface area contributed by atoms with E-state index in [9.17, 15) is 4.39 Å². The molecule has 1 aliphatic rings. The number of halogens is 2. The summed E-state index contributed by atoms with van der Waals surface area (Å²) in [5.41, 5.74) is 0.953. The van der Waals surface area contributed by atoms with E-state index in [1.54, 1.807) is 6.07 Å². The van der Waals surface area contributed by atoms with Gasteiger partial charge in [-0.15, -0.1) is 0 Å². The van der Waals surface area contributed by atoms with Crippen LogP contribution in [-0.4, -0.2) is 42.0 Å². The van der Waals surface area contributed by atoms with Crippen LogP contribution >= 0.6 is 11.6 Å². The fourth-order valence-electron chi connectivity index (χ4n) is 2.56. The van der Waals surface area contributed by atoms with Gasteiger partial charge in [0.25, 0.3) is 0 Å². The van der Waals surface area contributed by atoms with E-state index >= 15 is 0 Å². The first-order valence-electron chi connectivity index (χ1n) is 6.94. The number of benzene rings is 1. The van der Waals surface area contributed by atoms with Gasteiger partial charge >= 0.3 is 0 Å². The second-order valence-electron chi connectivity index (χ2n) is 5.10. The topological polar surface area (TPSA) is 30.3 Å². The summed E-state index contributed by atoms with van der Waals surface area (Å²) >= 11 is 6.05. The maximum Gasteiger partial charge on any atom is 0.124 e. The van der Waals surface area contributed by atoms with Crippen molar-refractivity contribution in [3.8, 4) is 6.07 Å². The van der Waals surface area contributed by atoms with E-state index < -0.39 is 0 Å². The van der Waals surface area contributed by atoms with Crippen molar-refractivity contribution in [2.24, 2.45) is 0 Å². The number of hydrogen-bond donors (Lipinski definition) is 0. The smallest absolute Gasteiger partial charge is 0.124 e. The normalized spacial score (nSPS) is 18.7. The molecular formula is C15H19ClFN3. The molecule has 108 valence electrons. The number of rotatable bonds is 4. The highest BCUT2D eigenvalue weighted by atomic mass is 35.5. The van der Waals surface area contributed by atoms with E-state index in [1.165, 1.54) is 12.1 Å². The molecule has 1 aromatic rings. The molecule has 2 rings (SSSR count). The molecule has 20 heavy (non-hydrogen) atoms. The molecule has 0 spiro atoms. The molecule has 0 amide bonds. The lowest BCUT2D eigenvalue weighted by atomic mass is 10.1. The Kier molecular flexibility index (Phi) is 5.36. The standard InChI is InChI=1S/C15H19ClFN3/c1-2-14(10-18)20-7-5-19(6-8-20)11-12-3-4-13(17)9-15(12)16/h3-4,9,14H,2,5-8,11H2,1H3. The number of nitriles is 1. The summed E-state index contributed by atoms with van der Waals surface area (Å²) in [7, 11) is 0. The fraction of sp³-hybridized carbons (Fsp3) is 0.533. The van der Waals surface area contributed by atoms with Crippen LogP contribution < -0.4 is 0 Å². The van der Waals surface area contributed by atoms with Crippen LogP contribution in [0.2, 0.25) is 5.02 Å². The lowest BCUT2D eigenvalue weighted by Gasteiger charge is -2.36. The van der Waals surface area contributed by atoms with Gasteiger partial charge < -0.3 is 0 Å². The van der Waals surface area contributed by atoms with E-state index in [1.807, 2.05) is 6.92 Å². The first-order chi connectivity index (χ1) is 9.63. The van der Waals surface area contributed by atoms with Crippen LogP contribution in [0.25, 0.3) is 0 Å². The van der Waals surface area contributed by atoms with Gasteiger partial charge in [-0.3, -0.25) is 9.80 Å². The third-order valence-corrected chi connectivity index (χ3v) is 4.14. The van der Waals surface area contributed by atoms with E-state index in [0.717, 1.165) is 44.7 Å². The van der Waals surface area contributed by atoms with Crippen molar-refractivity contribution in [3.05, 3.63) is 34.6 Å². The molecule has 1 aromatic carbocycles. The van der Waals surface area contributed by atoms with Gasteiger partial charge in [0.1, 0.15) is 5.82 Å². The molecule has 0 saturated carbocycles. The number of hydrogen-bond acceptors (Lipinski definition) is 3. The van der Waals surface area contributed by atoms with Crippen LogP contribution in [0, 0.1) is 17.1 Å². The average molecular weight is 296 g/mol. The summed E-state index contributed by atoms with van der Waals surface area (Å²) in [6.07, 6.45) is 0.861. The van der Waals surface area contributed by atoms with Crippen LogP contribution in [-0.2, 0) is 6.54 Å². The number of piperazine rings is 1. The highest BCUT2D eigenvalue weighted by molar-refractivity contribution is 6.31. The van der Waals surface area contributed by atoms with Crippen molar-refractivity contribution < 1.29 is 4.39 Å². The summed E-state index contributed by atoms with van der Waals surface area (Å²) in [4.78, 5) is 4.52. The molecule has 1 fully saturated rings. The molecule has 5 heteroatoms. The zero-order chi connectivity index (χ0) is 14.5. The Labute approximate surface area is 124 Å². The van der Waals surface area contributed by atoms with Crippen molar-refractivity contribution in [2.75, 3.05) is 26.2 Å². The van der Waals surface area contributed by atoms with Crippen LogP contribution in [0.3, 0.4) is 0 Å². The van der Waals surface area contributed by atoms with Gasteiger partial charge in [0.15, 0.2) is 0 Å². The predicted molar refractivity (Wildman–Crippen MR) is 78.0 cm³/mol. The third-order valence-electron chi connectivity index (χ3n) is 3.79. The monoisotopic (exact) mass is 295 g/mol. The van der Waals surface area contributed by atoms with Crippen LogP contribution in [0.4, 0.5) is 4.39 Å². The molecule has 1 heterocycles. The van der Waals surface area contributed by atoms with Gasteiger partial charge in [0.2, 0.25) is 0 Å². The van der Waals surface area contributed by atoms with E-state index in [4.69, 9.17) is 16.9 Å². The highest BCUT2D eigenvalue weighted by Gasteiger charge is 2.22. The second-order valence-corrected chi connectivity index (χ2v) is 5.51. The molecule has 3 nitrogen and oxygen atoms in total. The fourth-order valence-corrected chi connectivity index (χ4v) is 2.78. The van der Waals surface area contributed by atoms with E-state index in [-0.39, 0.29) is 11.9 Å². The molecule has 1 saturated heterocycles. The second kappa shape index (κ2) is 7.03. The molecule has 0 aromatic heterocycles. The average Bonchev–Trinajstić information content (AvgIpc) is 2.45. The quantitative estimate of drug-likeness (QED) is 0.855. The van der Waals surface area contributed by atoms with Crippen LogP contribution in [0.5, 0.6) is 0 Å². The van der Waals surface area contributed by atoms with E-state index in [2.05, 4.69) is 15.9 Å². The van der Waals surface area contributed by atoms with Gasteiger partial charge in [-0.25, -0.2) is 4.39 Å². The molecule has 1 aliphatic heterocycles. The minimum Gasteiger partial charge on any atom is -0.296 e. The van der Waals surface area contributed by atoms with Crippen LogP contribution in [0.1, 0.15) is 18.9 Å². The zero-order valence-electron chi connectivity index (χ0n) is 11.6. The SMILES string of the molecule is CCC(C#N)N1CCN(Cc2ccc(F)cc2Cl)CC1. The Bertz CT molecular complexity index is 492. The minimum absolute atomic E-state index is 0.0200. The molecule has 1 unspecified atom stereocenters. The maximum atomic E-state index is 13.0. The predicted octanol–water partition coefficient (Wildman–Crippen LogP) is 2.90. The summed E-state index contributed by atoms with van der Waals surface area (Å²) < 4.78 is 13.0. The largest absolute Gasteiger partial charge is 0.296 e. The Balaban J connectivity index is 1.90. The highest BCUT2D eigenvalue weighted by Crippen LogP contribution is 2.20. The Morgan fingerprint density at radius 3 is 2.60 bits per heavy atom. The molecule has 1 atom stereocenters. The molecule has 0 aliphatic carbocycles. The third kappa shape index (κ3) is 3.69. The Morgan fingerprint density at radius 2 is 2.05 bits per heavy atom. The van der Waals surface area contributed by atoms with Crippen LogP contribution in [0.15, 0.2) is 18.2 Å². The summed E-state index contributed by atoms with van der Waals surface area (Å²) in [6.45, 7) is 6.38. The van der Waals surface area contributed by atoms with E-state index in [0.29, 0.717) is 5.02 Å². The first kappa shape index (κ1) is 15.2. The summed E-state index contributed by atoms with van der Waals surface area (Å²) in [5, 5.41) is 9.57. The van der Waals surface area contributed by atoms with Crippen molar-refractivity contribution in [1.82, 2.24) is 9.80 Å². The number of nitrogens with zero attached hydrogens (tertiary/aromatic N) is 3. The molecule has 0 bridgehead atoms. The van der Waals surface area contributed by atoms with Gasteiger partial charge in [0.05, 0.1) is 12.1 Å². The Hall–Kier alpha value is -1.15. The summed E-state index contributed by atoms with van der Waals surface area (Å²) in [5.74, 6) is -0.302. The van der Waals surface area contributed by atoms with Crippen molar-refractivity contribution in [1.29, 1.82) is 5.26 Å². The first-order valence-corrected chi connectivity index (χ1v) is 7.31. The molecule has 0 radical (unpaired) electrons. The minimum atomic E-state index is -0.302. The van der Waals surface area contributed by atoms with Gasteiger partial charge in [-0.2, -0.15) is 5.26 Å². The lowest BCUT2D eigenvalue weighted by molar-refractivity contribution is 0.108. The van der Waals surface area contributed by atoms with Gasteiger partial charge in [-0.1, -0.05) is 24.6 Å². The summed E-state index contributed by atoms with van der Waals surface area (Å²) in [6, 6.07) is 6.91. The van der Waals surface area contributed by atoms with Gasteiger partial charge in [-0.05, 0) is 24.1 Å². The Morgan fingerprint density at radius 1 is 1.35 bits per heavy atom. The van der Waals surface area contributed by atoms with Crippen molar-refractivity contribution in [2.45, 2.75) is 25.9 Å². The molecule has 0 N–H and O–H groups in total. The maximum absolute atomic E-state index is 13.0. The van der Waals surface area contributed by atoms with Gasteiger partial charge in [0, 0.05) is 37.7 Å². The lowest BCUT2D eigenvalue weighted by Crippen LogP contribution is -2.49. The molecular weight excluding hydrogens is 277 g/mol. The van der Waals surface area contributed by atoms with Crippen molar-refractivity contribution >= 4 is 11.6 Å².